The van der Waals surface area contributed by atoms with Crippen molar-refractivity contribution in [3.8, 4) is 0 Å². The third-order valence-corrected chi connectivity index (χ3v) is 3.52. The lowest BCUT2D eigenvalue weighted by molar-refractivity contribution is 0.0979. The van der Waals surface area contributed by atoms with Crippen LogP contribution in [0.3, 0.4) is 0 Å². The van der Waals surface area contributed by atoms with Gasteiger partial charge in [-0.2, -0.15) is 0 Å². The molecule has 1 aliphatic rings. The summed E-state index contributed by atoms with van der Waals surface area (Å²) in [6.07, 6.45) is -2.57. The predicted octanol–water partition coefficient (Wildman–Crippen LogP) is 3.06. The largest absolute Gasteiger partial charge is 0.465 e. The molecule has 1 aliphatic carbocycles. The molecule has 0 atom stereocenters. The van der Waals surface area contributed by atoms with Gasteiger partial charge in [0.1, 0.15) is 0 Å². The summed E-state index contributed by atoms with van der Waals surface area (Å²) in [4.78, 5) is 46.5. The van der Waals surface area contributed by atoms with E-state index in [4.69, 9.17) is 10.2 Å². The molecule has 128 valence electrons. The summed E-state index contributed by atoms with van der Waals surface area (Å²) in [6, 6.07) is 8.08. The molecule has 0 bridgehead atoms. The summed E-state index contributed by atoms with van der Waals surface area (Å²) in [5.74, 6) is -0.869. The van der Waals surface area contributed by atoms with Crippen LogP contribution < -0.4 is 10.6 Å². The van der Waals surface area contributed by atoms with E-state index < -0.39 is 23.8 Å². The number of carbonyl (C=O) groups is 4. The number of nitrogens with one attached hydrogen (secondary N) is 2. The first-order valence-corrected chi connectivity index (χ1v) is 6.74. The minimum absolute atomic E-state index is 0. The number of benzene rings is 2. The molecule has 0 saturated heterocycles. The molecule has 2 aromatic rings. The Balaban J connectivity index is 0.00000225. The molecule has 0 saturated carbocycles. The molecule has 0 fully saturated rings. The van der Waals surface area contributed by atoms with Crippen LogP contribution in [0.5, 0.6) is 0 Å². The molecular formula is C16H11ClN2O6. The first-order valence-electron chi connectivity index (χ1n) is 6.74. The van der Waals surface area contributed by atoms with Crippen molar-refractivity contribution in [2.75, 3.05) is 10.6 Å². The van der Waals surface area contributed by atoms with Gasteiger partial charge in [0.15, 0.2) is 11.6 Å². The zero-order valence-corrected chi connectivity index (χ0v) is 13.2. The first-order chi connectivity index (χ1) is 11.4. The van der Waals surface area contributed by atoms with Crippen LogP contribution in [-0.2, 0) is 0 Å². The monoisotopic (exact) mass is 362 g/mol. The Labute approximate surface area is 146 Å². The molecule has 2 aromatic carbocycles. The Hall–Kier alpha value is -3.39. The second-order valence-electron chi connectivity index (χ2n) is 5.04. The van der Waals surface area contributed by atoms with Gasteiger partial charge < -0.3 is 10.2 Å². The third-order valence-electron chi connectivity index (χ3n) is 3.52. The molecule has 3 rings (SSSR count). The standard InChI is InChI=1S/C16H10N2O6.ClH/c19-13-9-3-1-7(17-15(21)22)5-11(9)14(20)10-4-2-8(6-12(10)13)18-16(23)24;/h1-6,17-18H,(H,21,22)(H,23,24);1H. The van der Waals surface area contributed by atoms with E-state index in [-0.39, 0.29) is 46.0 Å². The highest BCUT2D eigenvalue weighted by Crippen LogP contribution is 2.30. The summed E-state index contributed by atoms with van der Waals surface area (Å²) in [7, 11) is 0. The van der Waals surface area contributed by atoms with Crippen LogP contribution in [0.25, 0.3) is 0 Å². The lowest BCUT2D eigenvalue weighted by Gasteiger charge is -2.19. The Morgan fingerprint density at radius 1 is 0.680 bits per heavy atom. The van der Waals surface area contributed by atoms with Crippen LogP contribution in [0.15, 0.2) is 36.4 Å². The Bertz CT molecular complexity index is 849. The summed E-state index contributed by atoms with van der Waals surface area (Å²) in [5.41, 5.74) is 0.812. The quantitative estimate of drug-likeness (QED) is 0.553. The molecule has 0 radical (unpaired) electrons. The van der Waals surface area contributed by atoms with Crippen molar-refractivity contribution in [3.05, 3.63) is 58.7 Å². The molecule has 25 heavy (non-hydrogen) atoms. The number of hydrogen-bond donors (Lipinski definition) is 4. The number of carboxylic acid groups (broad SMARTS) is 2. The van der Waals surface area contributed by atoms with Gasteiger partial charge in [-0.05, 0) is 36.4 Å². The minimum Gasteiger partial charge on any atom is -0.465 e. The van der Waals surface area contributed by atoms with E-state index in [0.717, 1.165) is 0 Å². The van der Waals surface area contributed by atoms with Gasteiger partial charge in [-0.1, -0.05) is 0 Å². The van der Waals surface area contributed by atoms with Crippen LogP contribution in [-0.4, -0.2) is 34.0 Å². The molecule has 0 aliphatic heterocycles. The molecule has 2 amide bonds. The fourth-order valence-electron chi connectivity index (χ4n) is 2.55. The molecule has 0 aromatic heterocycles. The average molecular weight is 363 g/mol. The third kappa shape index (κ3) is 3.29. The van der Waals surface area contributed by atoms with Gasteiger partial charge in [0, 0.05) is 33.6 Å². The van der Waals surface area contributed by atoms with Gasteiger partial charge >= 0.3 is 12.2 Å². The van der Waals surface area contributed by atoms with E-state index in [1.807, 2.05) is 0 Å². The maximum atomic E-state index is 12.6. The number of fused-ring (bicyclic) bond motifs is 2. The molecule has 8 nitrogen and oxygen atoms in total. The van der Waals surface area contributed by atoms with Gasteiger partial charge in [-0.3, -0.25) is 20.2 Å². The van der Waals surface area contributed by atoms with Crippen molar-refractivity contribution < 1.29 is 29.4 Å². The summed E-state index contributed by atoms with van der Waals surface area (Å²) in [5, 5.41) is 21.7. The Morgan fingerprint density at radius 2 is 1.04 bits per heavy atom. The molecule has 0 spiro atoms. The maximum Gasteiger partial charge on any atom is 0.409 e. The van der Waals surface area contributed by atoms with Crippen molar-refractivity contribution in [1.82, 2.24) is 0 Å². The molecule has 4 N–H and O–H groups in total. The minimum atomic E-state index is -1.28. The van der Waals surface area contributed by atoms with E-state index in [2.05, 4.69) is 10.6 Å². The van der Waals surface area contributed by atoms with Crippen LogP contribution >= 0.6 is 12.4 Å². The topological polar surface area (TPSA) is 133 Å². The number of hydrogen-bond acceptors (Lipinski definition) is 4. The van der Waals surface area contributed by atoms with Gasteiger partial charge in [0.25, 0.3) is 0 Å². The van der Waals surface area contributed by atoms with E-state index in [1.165, 1.54) is 36.4 Å². The van der Waals surface area contributed by atoms with E-state index in [9.17, 15) is 19.2 Å². The number of ketones is 2. The number of carbonyl (C=O) groups excluding carboxylic acids is 2. The summed E-state index contributed by atoms with van der Waals surface area (Å²) >= 11 is 0. The fraction of sp³-hybridized carbons (Fsp3) is 0. The number of amides is 2. The highest BCUT2D eigenvalue weighted by molar-refractivity contribution is 6.29. The zero-order valence-electron chi connectivity index (χ0n) is 12.4. The van der Waals surface area contributed by atoms with Crippen molar-refractivity contribution in [3.63, 3.8) is 0 Å². The Kier molecular flexibility index (Phi) is 4.75. The molecule has 9 heteroatoms. The van der Waals surface area contributed by atoms with Gasteiger partial charge in [0.05, 0.1) is 0 Å². The average Bonchev–Trinajstić information content (AvgIpc) is 2.51. The molecule has 0 heterocycles. The van der Waals surface area contributed by atoms with Crippen molar-refractivity contribution in [2.45, 2.75) is 0 Å². The summed E-state index contributed by atoms with van der Waals surface area (Å²) < 4.78 is 0. The van der Waals surface area contributed by atoms with Gasteiger partial charge in [-0.15, -0.1) is 12.4 Å². The predicted molar refractivity (Wildman–Crippen MR) is 90.3 cm³/mol. The fourth-order valence-corrected chi connectivity index (χ4v) is 2.55. The highest BCUT2D eigenvalue weighted by atomic mass is 35.5. The van der Waals surface area contributed by atoms with E-state index >= 15 is 0 Å². The van der Waals surface area contributed by atoms with Gasteiger partial charge in [0.2, 0.25) is 0 Å². The molecule has 0 unspecified atom stereocenters. The summed E-state index contributed by atoms with van der Waals surface area (Å²) in [6.45, 7) is 0. The van der Waals surface area contributed by atoms with E-state index in [1.54, 1.807) is 0 Å². The van der Waals surface area contributed by atoms with Crippen molar-refractivity contribution >= 4 is 47.5 Å². The van der Waals surface area contributed by atoms with Crippen LogP contribution in [0.2, 0.25) is 0 Å². The lowest BCUT2D eigenvalue weighted by Crippen LogP contribution is -2.22. The SMILES string of the molecule is Cl.O=C(O)Nc1ccc2c(c1)C(=O)c1ccc(NC(=O)O)cc1C2=O. The Morgan fingerprint density at radius 3 is 1.36 bits per heavy atom. The maximum absolute atomic E-state index is 12.6. The second kappa shape index (κ2) is 6.62. The second-order valence-corrected chi connectivity index (χ2v) is 5.04. The normalized spacial score (nSPS) is 11.7. The number of halogens is 1. The van der Waals surface area contributed by atoms with Crippen molar-refractivity contribution in [2.24, 2.45) is 0 Å². The smallest absolute Gasteiger partial charge is 0.409 e. The number of anilines is 2. The van der Waals surface area contributed by atoms with E-state index in [0.29, 0.717) is 0 Å². The van der Waals surface area contributed by atoms with Crippen LogP contribution in [0, 0.1) is 0 Å². The molecular weight excluding hydrogens is 352 g/mol. The van der Waals surface area contributed by atoms with Crippen LogP contribution in [0.4, 0.5) is 21.0 Å². The number of rotatable bonds is 2. The van der Waals surface area contributed by atoms with Crippen molar-refractivity contribution in [1.29, 1.82) is 0 Å². The lowest BCUT2D eigenvalue weighted by atomic mass is 9.83. The van der Waals surface area contributed by atoms with Gasteiger partial charge in [-0.25, -0.2) is 9.59 Å². The highest BCUT2D eigenvalue weighted by Gasteiger charge is 2.30. The zero-order chi connectivity index (χ0) is 17.4. The van der Waals surface area contributed by atoms with Crippen LogP contribution in [0.1, 0.15) is 31.8 Å². The first kappa shape index (κ1) is 18.0.